The number of rotatable bonds is 6. The fourth-order valence-corrected chi connectivity index (χ4v) is 3.04. The molecule has 0 amide bonds. The van der Waals surface area contributed by atoms with E-state index in [1.807, 2.05) is 13.0 Å². The number of nitrogens with two attached hydrogens (primary N) is 1. The van der Waals surface area contributed by atoms with Crippen molar-refractivity contribution in [3.63, 3.8) is 0 Å². The van der Waals surface area contributed by atoms with E-state index in [0.29, 0.717) is 0 Å². The van der Waals surface area contributed by atoms with Crippen LogP contribution in [0.5, 0.6) is 0 Å². The molecule has 3 nitrogen and oxygen atoms in total. The second-order valence-corrected chi connectivity index (χ2v) is 6.83. The summed E-state index contributed by atoms with van der Waals surface area (Å²) in [4.78, 5) is 6.65. The molecule has 0 aliphatic rings. The van der Waals surface area contributed by atoms with Gasteiger partial charge in [0, 0.05) is 29.2 Å². The fourth-order valence-electron chi connectivity index (χ4n) is 2.18. The largest absolute Gasteiger partial charge is 0.369 e. The summed E-state index contributed by atoms with van der Waals surface area (Å²) in [6.07, 6.45) is 1.78. The SMILES string of the molecule is CCC(N)Cc1ccc(N(C)Cc2csc(C)n2)cc1Cl. The van der Waals surface area contributed by atoms with E-state index in [1.165, 1.54) is 0 Å². The van der Waals surface area contributed by atoms with E-state index in [2.05, 4.69) is 41.4 Å². The molecule has 0 saturated carbocycles. The molecule has 2 rings (SSSR count). The Kier molecular flexibility index (Phi) is 5.62. The van der Waals surface area contributed by atoms with Gasteiger partial charge in [-0.3, -0.25) is 0 Å². The molecule has 114 valence electrons. The maximum atomic E-state index is 6.39. The third-order valence-electron chi connectivity index (χ3n) is 3.55. The van der Waals surface area contributed by atoms with E-state index in [9.17, 15) is 0 Å². The minimum Gasteiger partial charge on any atom is -0.369 e. The maximum Gasteiger partial charge on any atom is 0.0898 e. The van der Waals surface area contributed by atoms with Gasteiger partial charge in [-0.2, -0.15) is 0 Å². The molecule has 0 radical (unpaired) electrons. The van der Waals surface area contributed by atoms with Crippen molar-refractivity contribution in [3.8, 4) is 0 Å². The fraction of sp³-hybridized carbons (Fsp3) is 0.438. The van der Waals surface area contributed by atoms with Gasteiger partial charge in [0.1, 0.15) is 0 Å². The first-order valence-electron chi connectivity index (χ1n) is 7.15. The predicted molar refractivity (Wildman–Crippen MR) is 92.4 cm³/mol. The Hall–Kier alpha value is -1.10. The molecular formula is C16H22ClN3S. The van der Waals surface area contributed by atoms with Crippen LogP contribution in [-0.2, 0) is 13.0 Å². The van der Waals surface area contributed by atoms with E-state index in [4.69, 9.17) is 17.3 Å². The third-order valence-corrected chi connectivity index (χ3v) is 4.72. The number of nitrogens with zero attached hydrogens (tertiary/aromatic N) is 2. The van der Waals surface area contributed by atoms with Gasteiger partial charge in [0.2, 0.25) is 0 Å². The predicted octanol–water partition coefficient (Wildman–Crippen LogP) is 4.02. The molecule has 1 atom stereocenters. The van der Waals surface area contributed by atoms with E-state index in [1.54, 1.807) is 11.3 Å². The monoisotopic (exact) mass is 323 g/mol. The first kappa shape index (κ1) is 16.3. The van der Waals surface area contributed by atoms with Crippen LogP contribution >= 0.6 is 22.9 Å². The summed E-state index contributed by atoms with van der Waals surface area (Å²) in [5.41, 5.74) is 9.31. The molecule has 21 heavy (non-hydrogen) atoms. The average Bonchev–Trinajstić information content (AvgIpc) is 2.86. The summed E-state index contributed by atoms with van der Waals surface area (Å²) in [7, 11) is 2.05. The number of hydrogen-bond acceptors (Lipinski definition) is 4. The molecule has 0 fully saturated rings. The first-order chi connectivity index (χ1) is 9.99. The van der Waals surface area contributed by atoms with E-state index in [0.717, 1.165) is 46.4 Å². The lowest BCUT2D eigenvalue weighted by Gasteiger charge is -2.20. The molecule has 5 heteroatoms. The Labute approximate surface area is 135 Å². The summed E-state index contributed by atoms with van der Waals surface area (Å²) < 4.78 is 0. The highest BCUT2D eigenvalue weighted by Gasteiger charge is 2.10. The van der Waals surface area contributed by atoms with Crippen LogP contribution in [0.1, 0.15) is 29.6 Å². The Balaban J connectivity index is 2.08. The summed E-state index contributed by atoms with van der Waals surface area (Å²) in [5, 5.41) is 3.99. The molecule has 0 spiro atoms. The Morgan fingerprint density at radius 1 is 1.43 bits per heavy atom. The van der Waals surface area contributed by atoms with Gasteiger partial charge >= 0.3 is 0 Å². The van der Waals surface area contributed by atoms with Crippen LogP contribution < -0.4 is 10.6 Å². The van der Waals surface area contributed by atoms with Gasteiger partial charge in [0.05, 0.1) is 17.2 Å². The Morgan fingerprint density at radius 3 is 2.76 bits per heavy atom. The van der Waals surface area contributed by atoms with Crippen LogP contribution in [0.3, 0.4) is 0 Å². The van der Waals surface area contributed by atoms with Crippen LogP contribution in [0.15, 0.2) is 23.6 Å². The second-order valence-electron chi connectivity index (χ2n) is 5.36. The minimum atomic E-state index is 0.170. The van der Waals surface area contributed by atoms with Gasteiger partial charge in [-0.05, 0) is 37.5 Å². The summed E-state index contributed by atoms with van der Waals surface area (Å²) in [6.45, 7) is 4.90. The molecule has 2 aromatic rings. The normalized spacial score (nSPS) is 12.4. The van der Waals surface area contributed by atoms with Gasteiger partial charge in [0.15, 0.2) is 0 Å². The molecule has 0 bridgehead atoms. The van der Waals surface area contributed by atoms with Crippen LogP contribution in [0.25, 0.3) is 0 Å². The van der Waals surface area contributed by atoms with E-state index < -0.39 is 0 Å². The van der Waals surface area contributed by atoms with Crippen molar-refractivity contribution in [1.82, 2.24) is 4.98 Å². The standard InChI is InChI=1S/C16H22ClN3S/c1-4-13(18)7-12-5-6-15(8-16(12)17)20(3)9-14-10-21-11(2)19-14/h5-6,8,10,13H,4,7,9,18H2,1-3H3. The van der Waals surface area contributed by atoms with Crippen molar-refractivity contribution in [2.45, 2.75) is 39.3 Å². The first-order valence-corrected chi connectivity index (χ1v) is 8.41. The highest BCUT2D eigenvalue weighted by atomic mass is 35.5. The quantitative estimate of drug-likeness (QED) is 0.873. The zero-order chi connectivity index (χ0) is 15.4. The summed E-state index contributed by atoms with van der Waals surface area (Å²) in [6, 6.07) is 6.36. The Bertz CT molecular complexity index is 597. The average molecular weight is 324 g/mol. The number of thiazole rings is 1. The lowest BCUT2D eigenvalue weighted by Crippen LogP contribution is -2.21. The highest BCUT2D eigenvalue weighted by molar-refractivity contribution is 7.09. The molecule has 1 aromatic carbocycles. The van der Waals surface area contributed by atoms with Crippen molar-refractivity contribution >= 4 is 28.6 Å². The number of anilines is 1. The molecule has 1 heterocycles. The minimum absolute atomic E-state index is 0.170. The van der Waals surface area contributed by atoms with Crippen LogP contribution in [-0.4, -0.2) is 18.1 Å². The highest BCUT2D eigenvalue weighted by Crippen LogP contribution is 2.25. The van der Waals surface area contributed by atoms with Crippen LogP contribution in [0.2, 0.25) is 5.02 Å². The van der Waals surface area contributed by atoms with Crippen molar-refractivity contribution in [1.29, 1.82) is 0 Å². The van der Waals surface area contributed by atoms with Gasteiger partial charge in [-0.15, -0.1) is 11.3 Å². The lowest BCUT2D eigenvalue weighted by atomic mass is 10.0. The zero-order valence-electron chi connectivity index (χ0n) is 12.8. The molecular weight excluding hydrogens is 302 g/mol. The van der Waals surface area contributed by atoms with Crippen molar-refractivity contribution in [2.24, 2.45) is 5.73 Å². The van der Waals surface area contributed by atoms with Gasteiger partial charge in [0.25, 0.3) is 0 Å². The third kappa shape index (κ3) is 4.43. The lowest BCUT2D eigenvalue weighted by molar-refractivity contribution is 0.646. The van der Waals surface area contributed by atoms with Gasteiger partial charge < -0.3 is 10.6 Å². The zero-order valence-corrected chi connectivity index (χ0v) is 14.3. The van der Waals surface area contributed by atoms with E-state index >= 15 is 0 Å². The Morgan fingerprint density at radius 2 is 2.19 bits per heavy atom. The van der Waals surface area contributed by atoms with Crippen LogP contribution in [0.4, 0.5) is 5.69 Å². The molecule has 0 aliphatic heterocycles. The number of aryl methyl sites for hydroxylation is 1. The molecule has 2 N–H and O–H groups in total. The van der Waals surface area contributed by atoms with Crippen molar-refractivity contribution < 1.29 is 0 Å². The molecule has 0 aliphatic carbocycles. The van der Waals surface area contributed by atoms with Crippen LogP contribution in [0, 0.1) is 6.92 Å². The number of benzene rings is 1. The van der Waals surface area contributed by atoms with Crippen molar-refractivity contribution in [3.05, 3.63) is 44.9 Å². The summed E-state index contributed by atoms with van der Waals surface area (Å²) in [5.74, 6) is 0. The molecule has 1 unspecified atom stereocenters. The van der Waals surface area contributed by atoms with E-state index in [-0.39, 0.29) is 6.04 Å². The maximum absolute atomic E-state index is 6.39. The topological polar surface area (TPSA) is 42.1 Å². The second kappa shape index (κ2) is 7.25. The molecule has 1 aromatic heterocycles. The van der Waals surface area contributed by atoms with Gasteiger partial charge in [-0.1, -0.05) is 24.6 Å². The van der Waals surface area contributed by atoms with Gasteiger partial charge in [-0.25, -0.2) is 4.98 Å². The number of halogens is 1. The van der Waals surface area contributed by atoms with Crippen molar-refractivity contribution in [2.75, 3.05) is 11.9 Å². The smallest absolute Gasteiger partial charge is 0.0898 e. The number of hydrogen-bond donors (Lipinski definition) is 1. The summed E-state index contributed by atoms with van der Waals surface area (Å²) >= 11 is 8.06. The molecule has 0 saturated heterocycles. The number of aromatic nitrogens is 1.